The van der Waals surface area contributed by atoms with Crippen LogP contribution >= 0.6 is 0 Å². The van der Waals surface area contributed by atoms with Crippen molar-refractivity contribution >= 4 is 23.7 Å². The van der Waals surface area contributed by atoms with Crippen LogP contribution in [-0.2, 0) is 20.7 Å². The molecule has 0 bridgehead atoms. The lowest BCUT2D eigenvalue weighted by Crippen LogP contribution is -2.50. The molecular formula is C24H26N2O5. The van der Waals surface area contributed by atoms with Crippen LogP contribution in [0.15, 0.2) is 54.6 Å². The normalized spacial score (nSPS) is 14.9. The van der Waals surface area contributed by atoms with E-state index in [1.165, 1.54) is 6.92 Å². The molecule has 2 aromatic carbocycles. The van der Waals surface area contributed by atoms with Gasteiger partial charge in [0.05, 0.1) is 11.1 Å². The van der Waals surface area contributed by atoms with E-state index in [-0.39, 0.29) is 17.0 Å². The quantitative estimate of drug-likeness (QED) is 0.521. The first-order valence-corrected chi connectivity index (χ1v) is 10.3. The van der Waals surface area contributed by atoms with Crippen molar-refractivity contribution in [2.75, 3.05) is 6.54 Å². The molecule has 3 rings (SSSR count). The van der Waals surface area contributed by atoms with Crippen LogP contribution in [0.5, 0.6) is 0 Å². The van der Waals surface area contributed by atoms with Gasteiger partial charge in [-0.15, -0.1) is 0 Å². The second-order valence-electron chi connectivity index (χ2n) is 7.82. The molecule has 1 aliphatic rings. The molecule has 0 fully saturated rings. The fourth-order valence-corrected chi connectivity index (χ4v) is 3.55. The average Bonchev–Trinajstić information content (AvgIpc) is 3.00. The Labute approximate surface area is 181 Å². The number of hydrogen-bond acceptors (Lipinski definition) is 5. The highest BCUT2D eigenvalue weighted by atomic mass is 16.5. The Morgan fingerprint density at radius 3 is 2.00 bits per heavy atom. The van der Waals surface area contributed by atoms with Crippen LogP contribution < -0.4 is 5.32 Å². The van der Waals surface area contributed by atoms with Gasteiger partial charge < -0.3 is 10.1 Å². The van der Waals surface area contributed by atoms with Gasteiger partial charge >= 0.3 is 5.97 Å². The number of rotatable bonds is 8. The Kier molecular flexibility index (Phi) is 6.84. The van der Waals surface area contributed by atoms with Gasteiger partial charge in [0, 0.05) is 6.54 Å². The number of benzene rings is 2. The molecule has 0 saturated carbocycles. The van der Waals surface area contributed by atoms with Gasteiger partial charge in [0.1, 0.15) is 6.04 Å². The number of amides is 3. The molecule has 162 valence electrons. The molecule has 2 atom stereocenters. The number of hydrogen-bond donors (Lipinski definition) is 1. The molecular weight excluding hydrogens is 396 g/mol. The van der Waals surface area contributed by atoms with Gasteiger partial charge in [0.2, 0.25) is 0 Å². The number of imide groups is 1. The number of esters is 1. The summed E-state index contributed by atoms with van der Waals surface area (Å²) in [6.45, 7) is 5.31. The lowest BCUT2D eigenvalue weighted by atomic mass is 10.0. The van der Waals surface area contributed by atoms with E-state index in [0.717, 1.165) is 10.5 Å². The number of fused-ring (bicyclic) bond motifs is 1. The molecule has 7 nitrogen and oxygen atoms in total. The summed E-state index contributed by atoms with van der Waals surface area (Å²) in [6, 6.07) is 15.0. The maximum atomic E-state index is 12.9. The van der Waals surface area contributed by atoms with Gasteiger partial charge in [-0.2, -0.15) is 0 Å². The summed E-state index contributed by atoms with van der Waals surface area (Å²) in [4.78, 5) is 51.7. The molecule has 0 aromatic heterocycles. The van der Waals surface area contributed by atoms with Gasteiger partial charge in [-0.1, -0.05) is 56.3 Å². The van der Waals surface area contributed by atoms with Gasteiger partial charge in [0.25, 0.3) is 17.7 Å². The van der Waals surface area contributed by atoms with Crippen LogP contribution in [0.4, 0.5) is 0 Å². The molecule has 1 heterocycles. The van der Waals surface area contributed by atoms with E-state index < -0.39 is 35.8 Å². The highest BCUT2D eigenvalue weighted by Gasteiger charge is 2.45. The van der Waals surface area contributed by atoms with Crippen LogP contribution in [0, 0.1) is 5.92 Å². The van der Waals surface area contributed by atoms with Crippen molar-refractivity contribution in [2.45, 2.75) is 39.3 Å². The third kappa shape index (κ3) is 4.82. The predicted molar refractivity (Wildman–Crippen MR) is 114 cm³/mol. The Morgan fingerprint density at radius 2 is 1.45 bits per heavy atom. The molecule has 3 amide bonds. The minimum absolute atomic E-state index is 0.262. The van der Waals surface area contributed by atoms with Gasteiger partial charge in [-0.3, -0.25) is 19.3 Å². The summed E-state index contributed by atoms with van der Waals surface area (Å²) in [6.07, 6.45) is -0.406. The van der Waals surface area contributed by atoms with E-state index in [1.54, 1.807) is 38.1 Å². The Bertz CT molecular complexity index is 951. The Hall–Kier alpha value is -3.48. The maximum absolute atomic E-state index is 12.9. The third-order valence-corrected chi connectivity index (χ3v) is 5.19. The molecule has 1 N–H and O–H groups in total. The topological polar surface area (TPSA) is 92.8 Å². The zero-order chi connectivity index (χ0) is 22.5. The summed E-state index contributed by atoms with van der Waals surface area (Å²) in [5, 5.41) is 2.74. The van der Waals surface area contributed by atoms with E-state index in [0.29, 0.717) is 13.0 Å². The molecule has 0 radical (unpaired) electrons. The minimum atomic E-state index is -1.12. The Balaban J connectivity index is 1.62. The summed E-state index contributed by atoms with van der Waals surface area (Å²) in [7, 11) is 0. The van der Waals surface area contributed by atoms with Crippen molar-refractivity contribution in [3.8, 4) is 0 Å². The second kappa shape index (κ2) is 9.55. The molecule has 31 heavy (non-hydrogen) atoms. The molecule has 2 unspecified atom stereocenters. The first kappa shape index (κ1) is 22.2. The summed E-state index contributed by atoms with van der Waals surface area (Å²) in [5.74, 6) is -2.67. The number of carbonyl (C=O) groups is 4. The number of ether oxygens (including phenoxy) is 1. The van der Waals surface area contributed by atoms with Gasteiger partial charge in [-0.05, 0) is 37.0 Å². The van der Waals surface area contributed by atoms with E-state index in [2.05, 4.69) is 5.32 Å². The molecule has 2 aromatic rings. The SMILES string of the molecule is CC(OC(=O)C(C(C)C)N1C(=O)c2ccccc2C1=O)C(=O)NCCc1ccccc1. The second-order valence-corrected chi connectivity index (χ2v) is 7.82. The number of nitrogens with one attached hydrogen (secondary N) is 1. The lowest BCUT2D eigenvalue weighted by molar-refractivity contribution is -0.159. The molecule has 0 spiro atoms. The molecule has 1 aliphatic heterocycles. The smallest absolute Gasteiger partial charge is 0.330 e. The number of carbonyl (C=O) groups excluding carboxylic acids is 4. The molecule has 0 aliphatic carbocycles. The monoisotopic (exact) mass is 422 g/mol. The highest BCUT2D eigenvalue weighted by Crippen LogP contribution is 2.27. The van der Waals surface area contributed by atoms with Crippen LogP contribution in [0.2, 0.25) is 0 Å². The van der Waals surface area contributed by atoms with Crippen LogP contribution in [0.25, 0.3) is 0 Å². The van der Waals surface area contributed by atoms with Crippen molar-refractivity contribution < 1.29 is 23.9 Å². The third-order valence-electron chi connectivity index (χ3n) is 5.19. The predicted octanol–water partition coefficient (Wildman–Crippen LogP) is 2.60. The van der Waals surface area contributed by atoms with Crippen molar-refractivity contribution in [3.63, 3.8) is 0 Å². The van der Waals surface area contributed by atoms with Gasteiger partial charge in [0.15, 0.2) is 6.10 Å². The zero-order valence-corrected chi connectivity index (χ0v) is 17.8. The fourth-order valence-electron chi connectivity index (χ4n) is 3.55. The zero-order valence-electron chi connectivity index (χ0n) is 17.8. The van der Waals surface area contributed by atoms with Gasteiger partial charge in [-0.25, -0.2) is 4.79 Å². The highest BCUT2D eigenvalue weighted by molar-refractivity contribution is 6.22. The summed E-state index contributed by atoms with van der Waals surface area (Å²) < 4.78 is 5.35. The Morgan fingerprint density at radius 1 is 0.903 bits per heavy atom. The lowest BCUT2D eigenvalue weighted by Gasteiger charge is -2.28. The summed E-state index contributed by atoms with van der Waals surface area (Å²) in [5.41, 5.74) is 1.60. The largest absolute Gasteiger partial charge is 0.451 e. The fraction of sp³-hybridized carbons (Fsp3) is 0.333. The number of nitrogens with zero attached hydrogens (tertiary/aromatic N) is 1. The standard InChI is InChI=1S/C24H26N2O5/c1-15(2)20(26-22(28)18-11-7-8-12-19(18)23(26)29)24(30)31-16(3)21(27)25-14-13-17-9-5-4-6-10-17/h4-12,15-16,20H,13-14H2,1-3H3,(H,25,27). The minimum Gasteiger partial charge on any atom is -0.451 e. The first-order valence-electron chi connectivity index (χ1n) is 10.3. The van der Waals surface area contributed by atoms with E-state index in [1.807, 2.05) is 30.3 Å². The molecule has 7 heteroatoms. The van der Waals surface area contributed by atoms with Crippen molar-refractivity contribution in [2.24, 2.45) is 5.92 Å². The van der Waals surface area contributed by atoms with E-state index >= 15 is 0 Å². The van der Waals surface area contributed by atoms with E-state index in [4.69, 9.17) is 4.74 Å². The van der Waals surface area contributed by atoms with Crippen molar-refractivity contribution in [1.82, 2.24) is 10.2 Å². The van der Waals surface area contributed by atoms with Crippen molar-refractivity contribution in [1.29, 1.82) is 0 Å². The first-order chi connectivity index (χ1) is 14.8. The average molecular weight is 422 g/mol. The summed E-state index contributed by atoms with van der Waals surface area (Å²) >= 11 is 0. The van der Waals surface area contributed by atoms with Crippen molar-refractivity contribution in [3.05, 3.63) is 71.3 Å². The van der Waals surface area contributed by atoms with Crippen LogP contribution in [0.1, 0.15) is 47.1 Å². The van der Waals surface area contributed by atoms with Crippen LogP contribution in [0.3, 0.4) is 0 Å². The molecule has 0 saturated heterocycles. The maximum Gasteiger partial charge on any atom is 0.330 e. The van der Waals surface area contributed by atoms with E-state index in [9.17, 15) is 19.2 Å². The van der Waals surface area contributed by atoms with Crippen LogP contribution in [-0.4, -0.2) is 47.3 Å².